The number of piperazine rings is 1. The molecule has 3 N–H and O–H groups in total. The van der Waals surface area contributed by atoms with E-state index in [2.05, 4.69) is 5.32 Å². The van der Waals surface area contributed by atoms with Gasteiger partial charge in [0.15, 0.2) is 0 Å². The SMILES string of the molecule is Cl.Cl.Oc1ccc(O)c([C@H](CC(F)(F)F)N2CCNCC2)c1. The van der Waals surface area contributed by atoms with Crippen molar-refractivity contribution in [3.63, 3.8) is 0 Å². The largest absolute Gasteiger partial charge is 0.508 e. The molecule has 0 radical (unpaired) electrons. The van der Waals surface area contributed by atoms with Gasteiger partial charge in [0.1, 0.15) is 11.5 Å². The number of benzene rings is 1. The number of hydrogen-bond donors (Lipinski definition) is 3. The van der Waals surface area contributed by atoms with E-state index in [0.29, 0.717) is 26.2 Å². The van der Waals surface area contributed by atoms with E-state index < -0.39 is 18.6 Å². The van der Waals surface area contributed by atoms with Crippen molar-refractivity contribution in [2.45, 2.75) is 18.6 Å². The van der Waals surface area contributed by atoms with E-state index in [1.165, 1.54) is 18.2 Å². The Morgan fingerprint density at radius 3 is 2.27 bits per heavy atom. The topological polar surface area (TPSA) is 55.7 Å². The third kappa shape index (κ3) is 5.72. The second kappa shape index (κ2) is 8.67. The van der Waals surface area contributed by atoms with Crippen molar-refractivity contribution in [1.82, 2.24) is 10.2 Å². The first-order valence-corrected chi connectivity index (χ1v) is 6.40. The molecule has 1 heterocycles. The van der Waals surface area contributed by atoms with E-state index in [0.717, 1.165) is 0 Å². The molecule has 128 valence electrons. The number of alkyl halides is 3. The summed E-state index contributed by atoms with van der Waals surface area (Å²) in [5.41, 5.74) is 0.115. The highest BCUT2D eigenvalue weighted by atomic mass is 35.5. The van der Waals surface area contributed by atoms with Crippen LogP contribution in [0.5, 0.6) is 11.5 Å². The lowest BCUT2D eigenvalue weighted by Crippen LogP contribution is -2.46. The molecule has 0 saturated carbocycles. The third-order valence-corrected chi connectivity index (χ3v) is 3.39. The number of rotatable bonds is 3. The monoisotopic (exact) mass is 362 g/mol. The van der Waals surface area contributed by atoms with Gasteiger partial charge in [0, 0.05) is 37.8 Å². The Balaban J connectivity index is 0.00000220. The number of phenols is 2. The van der Waals surface area contributed by atoms with E-state index in [1.807, 2.05) is 0 Å². The molecule has 1 fully saturated rings. The Hall–Kier alpha value is -0.890. The fraction of sp³-hybridized carbons (Fsp3) is 0.538. The molecule has 9 heteroatoms. The van der Waals surface area contributed by atoms with E-state index in [4.69, 9.17) is 0 Å². The summed E-state index contributed by atoms with van der Waals surface area (Å²) in [7, 11) is 0. The summed E-state index contributed by atoms with van der Waals surface area (Å²) in [6.45, 7) is 2.15. The molecular weight excluding hydrogens is 344 g/mol. The molecule has 0 amide bonds. The zero-order valence-corrected chi connectivity index (χ0v) is 13.3. The average molecular weight is 363 g/mol. The minimum absolute atomic E-state index is 0. The lowest BCUT2D eigenvalue weighted by Gasteiger charge is -2.35. The molecule has 0 aliphatic carbocycles. The Morgan fingerprint density at radius 1 is 1.14 bits per heavy atom. The smallest absolute Gasteiger partial charge is 0.390 e. The number of aromatic hydroxyl groups is 2. The molecule has 0 aromatic heterocycles. The van der Waals surface area contributed by atoms with Gasteiger partial charge in [-0.2, -0.15) is 13.2 Å². The van der Waals surface area contributed by atoms with Crippen molar-refractivity contribution in [1.29, 1.82) is 0 Å². The van der Waals surface area contributed by atoms with Gasteiger partial charge in [0.05, 0.1) is 6.42 Å². The summed E-state index contributed by atoms with van der Waals surface area (Å²) in [6, 6.07) is 2.69. The minimum atomic E-state index is -4.34. The first-order valence-electron chi connectivity index (χ1n) is 6.40. The lowest BCUT2D eigenvalue weighted by molar-refractivity contribution is -0.148. The third-order valence-electron chi connectivity index (χ3n) is 3.39. The summed E-state index contributed by atoms with van der Waals surface area (Å²) < 4.78 is 38.4. The molecule has 22 heavy (non-hydrogen) atoms. The molecule has 1 aromatic rings. The van der Waals surface area contributed by atoms with Crippen molar-refractivity contribution in [2.75, 3.05) is 26.2 Å². The van der Waals surface area contributed by atoms with Gasteiger partial charge in [-0.1, -0.05) is 0 Å². The summed E-state index contributed by atoms with van der Waals surface area (Å²) in [5, 5.41) is 22.3. The Morgan fingerprint density at radius 2 is 1.73 bits per heavy atom. The average Bonchev–Trinajstić information content (AvgIpc) is 2.39. The van der Waals surface area contributed by atoms with Crippen LogP contribution in [-0.4, -0.2) is 47.5 Å². The Bertz CT molecular complexity index is 469. The van der Waals surface area contributed by atoms with Crippen LogP contribution in [-0.2, 0) is 0 Å². The highest BCUT2D eigenvalue weighted by Gasteiger charge is 2.37. The summed E-state index contributed by atoms with van der Waals surface area (Å²) in [5.74, 6) is -0.379. The molecule has 0 spiro atoms. The molecule has 4 nitrogen and oxygen atoms in total. The van der Waals surface area contributed by atoms with Crippen LogP contribution in [0.3, 0.4) is 0 Å². The van der Waals surface area contributed by atoms with Gasteiger partial charge >= 0.3 is 6.18 Å². The second-order valence-electron chi connectivity index (χ2n) is 4.86. The molecule has 1 aromatic carbocycles. The quantitative estimate of drug-likeness (QED) is 0.723. The molecule has 1 saturated heterocycles. The molecule has 0 bridgehead atoms. The van der Waals surface area contributed by atoms with Crippen LogP contribution in [0.2, 0.25) is 0 Å². The van der Waals surface area contributed by atoms with Crippen molar-refractivity contribution in [2.24, 2.45) is 0 Å². The van der Waals surface area contributed by atoms with Gasteiger partial charge in [-0.3, -0.25) is 4.90 Å². The molecule has 1 aliphatic heterocycles. The highest BCUT2D eigenvalue weighted by molar-refractivity contribution is 5.85. The second-order valence-corrected chi connectivity index (χ2v) is 4.86. The fourth-order valence-corrected chi connectivity index (χ4v) is 2.46. The van der Waals surface area contributed by atoms with Crippen LogP contribution < -0.4 is 5.32 Å². The van der Waals surface area contributed by atoms with Gasteiger partial charge in [0.2, 0.25) is 0 Å². The van der Waals surface area contributed by atoms with Crippen LogP contribution in [0, 0.1) is 0 Å². The van der Waals surface area contributed by atoms with Crippen molar-refractivity contribution >= 4 is 24.8 Å². The fourth-order valence-electron chi connectivity index (χ4n) is 2.46. The number of nitrogens with zero attached hydrogens (tertiary/aromatic N) is 1. The maximum atomic E-state index is 12.8. The van der Waals surface area contributed by atoms with Crippen molar-refractivity contribution in [3.8, 4) is 11.5 Å². The number of nitrogens with one attached hydrogen (secondary N) is 1. The van der Waals surface area contributed by atoms with Gasteiger partial charge < -0.3 is 15.5 Å². The highest BCUT2D eigenvalue weighted by Crippen LogP contribution is 2.38. The van der Waals surface area contributed by atoms with E-state index in [9.17, 15) is 23.4 Å². The van der Waals surface area contributed by atoms with Crippen molar-refractivity contribution < 1.29 is 23.4 Å². The Labute approximate surface area is 139 Å². The van der Waals surface area contributed by atoms with Crippen LogP contribution in [0.4, 0.5) is 13.2 Å². The lowest BCUT2D eigenvalue weighted by atomic mass is 9.99. The first kappa shape index (κ1) is 21.1. The standard InChI is InChI=1S/C13H17F3N2O2.2ClH/c14-13(15,16)8-11(18-5-3-17-4-6-18)10-7-9(19)1-2-12(10)20;;/h1-2,7,11,17,19-20H,3-6,8H2;2*1H/t11-;;/m0../s1. The normalized spacial score (nSPS) is 17.2. The molecule has 1 aliphatic rings. The van der Waals surface area contributed by atoms with E-state index in [1.54, 1.807) is 4.90 Å². The van der Waals surface area contributed by atoms with Crippen LogP contribution >= 0.6 is 24.8 Å². The van der Waals surface area contributed by atoms with Crippen LogP contribution in [0.15, 0.2) is 18.2 Å². The number of hydrogen-bond acceptors (Lipinski definition) is 4. The molecule has 2 rings (SSSR count). The van der Waals surface area contributed by atoms with E-state index in [-0.39, 0.29) is 41.9 Å². The number of halogens is 5. The molecule has 0 unspecified atom stereocenters. The van der Waals surface area contributed by atoms with Gasteiger partial charge in [-0.05, 0) is 18.2 Å². The summed E-state index contributed by atoms with van der Waals surface area (Å²) >= 11 is 0. The predicted molar refractivity (Wildman–Crippen MR) is 82.1 cm³/mol. The molecular formula is C13H19Cl2F3N2O2. The maximum absolute atomic E-state index is 12.8. The van der Waals surface area contributed by atoms with Gasteiger partial charge in [0.25, 0.3) is 0 Å². The Kier molecular flexibility index (Phi) is 8.32. The predicted octanol–water partition coefficient (Wildman–Crippen LogP) is 2.84. The van der Waals surface area contributed by atoms with Gasteiger partial charge in [-0.15, -0.1) is 24.8 Å². The van der Waals surface area contributed by atoms with Gasteiger partial charge in [-0.25, -0.2) is 0 Å². The first-order chi connectivity index (χ1) is 9.37. The summed E-state index contributed by atoms with van der Waals surface area (Å²) in [6.07, 6.45) is -5.39. The number of phenolic OH excluding ortho intramolecular Hbond substituents is 2. The zero-order valence-electron chi connectivity index (χ0n) is 11.6. The van der Waals surface area contributed by atoms with E-state index >= 15 is 0 Å². The van der Waals surface area contributed by atoms with Crippen molar-refractivity contribution in [3.05, 3.63) is 23.8 Å². The van der Waals surface area contributed by atoms with Crippen LogP contribution in [0.25, 0.3) is 0 Å². The zero-order chi connectivity index (χ0) is 14.8. The maximum Gasteiger partial charge on any atom is 0.390 e. The minimum Gasteiger partial charge on any atom is -0.508 e. The van der Waals surface area contributed by atoms with Crippen LogP contribution in [0.1, 0.15) is 18.0 Å². The summed E-state index contributed by atoms with van der Waals surface area (Å²) in [4.78, 5) is 1.68. The molecule has 1 atom stereocenters.